The lowest BCUT2D eigenvalue weighted by molar-refractivity contribution is -0.678. The van der Waals surface area contributed by atoms with Gasteiger partial charge in [-0.05, 0) is 26.0 Å². The number of benzene rings is 1. The first-order valence-electron chi connectivity index (χ1n) is 6.37. The molecule has 1 aliphatic rings. The molecule has 1 aliphatic heterocycles. The largest absolute Gasteiger partial charge is 0.463 e. The number of quaternary nitrogens is 1. The molecule has 2 atom stereocenters. The van der Waals surface area contributed by atoms with E-state index in [0.717, 1.165) is 18.5 Å². The summed E-state index contributed by atoms with van der Waals surface area (Å²) in [7, 11) is 0. The van der Waals surface area contributed by atoms with Gasteiger partial charge in [-0.1, -0.05) is 12.1 Å². The van der Waals surface area contributed by atoms with Crippen molar-refractivity contribution in [3.63, 3.8) is 0 Å². The van der Waals surface area contributed by atoms with Gasteiger partial charge in [-0.3, -0.25) is 4.79 Å². The van der Waals surface area contributed by atoms with Gasteiger partial charge >= 0.3 is 5.97 Å². The lowest BCUT2D eigenvalue weighted by Crippen LogP contribution is -2.82. The van der Waals surface area contributed by atoms with Crippen LogP contribution in [0.1, 0.15) is 31.9 Å². The zero-order valence-corrected chi connectivity index (χ0v) is 10.7. The SMILES string of the molecule is CC(C)OC(=O)[C@H]1CC[NH2+][C@@H]1c1ccc(F)cc1. The topological polar surface area (TPSA) is 42.9 Å². The Balaban J connectivity index is 2.12. The first-order valence-corrected chi connectivity index (χ1v) is 6.37. The normalized spacial score (nSPS) is 23.3. The molecule has 1 aromatic rings. The third-order valence-electron chi connectivity index (χ3n) is 3.24. The molecule has 3 nitrogen and oxygen atoms in total. The van der Waals surface area contributed by atoms with E-state index in [-0.39, 0.29) is 29.9 Å². The maximum Gasteiger partial charge on any atom is 0.315 e. The van der Waals surface area contributed by atoms with Crippen molar-refractivity contribution in [1.29, 1.82) is 0 Å². The average Bonchev–Trinajstić information content (AvgIpc) is 2.78. The van der Waals surface area contributed by atoms with E-state index in [4.69, 9.17) is 4.74 Å². The molecule has 0 radical (unpaired) electrons. The van der Waals surface area contributed by atoms with Gasteiger partial charge in [0.05, 0.1) is 12.6 Å². The molecule has 1 fully saturated rings. The Kier molecular flexibility index (Phi) is 3.97. The molecule has 0 saturated carbocycles. The molecule has 18 heavy (non-hydrogen) atoms. The van der Waals surface area contributed by atoms with Crippen molar-refractivity contribution in [3.8, 4) is 0 Å². The highest BCUT2D eigenvalue weighted by atomic mass is 19.1. The van der Waals surface area contributed by atoms with E-state index < -0.39 is 0 Å². The molecule has 1 aromatic carbocycles. The van der Waals surface area contributed by atoms with Crippen molar-refractivity contribution in [1.82, 2.24) is 0 Å². The number of nitrogens with two attached hydrogens (primary N) is 1. The summed E-state index contributed by atoms with van der Waals surface area (Å²) in [6, 6.07) is 6.42. The monoisotopic (exact) mass is 252 g/mol. The van der Waals surface area contributed by atoms with Gasteiger partial charge in [0.25, 0.3) is 0 Å². The van der Waals surface area contributed by atoms with Gasteiger partial charge in [0.2, 0.25) is 0 Å². The Morgan fingerprint density at radius 2 is 2.06 bits per heavy atom. The smallest absolute Gasteiger partial charge is 0.315 e. The maximum absolute atomic E-state index is 12.9. The number of carbonyl (C=O) groups excluding carboxylic acids is 1. The minimum atomic E-state index is -0.252. The van der Waals surface area contributed by atoms with Gasteiger partial charge < -0.3 is 10.1 Å². The number of carbonyl (C=O) groups is 1. The summed E-state index contributed by atoms with van der Waals surface area (Å²) in [5.41, 5.74) is 0.986. The molecule has 0 aliphatic carbocycles. The van der Waals surface area contributed by atoms with E-state index in [1.54, 1.807) is 12.1 Å². The fraction of sp³-hybridized carbons (Fsp3) is 0.500. The highest BCUT2D eigenvalue weighted by molar-refractivity contribution is 5.73. The number of hydrogen-bond donors (Lipinski definition) is 1. The van der Waals surface area contributed by atoms with Gasteiger partial charge in [-0.2, -0.15) is 0 Å². The second-order valence-corrected chi connectivity index (χ2v) is 4.98. The van der Waals surface area contributed by atoms with Gasteiger partial charge in [-0.25, -0.2) is 4.39 Å². The molecular weight excluding hydrogens is 233 g/mol. The molecule has 0 spiro atoms. The van der Waals surface area contributed by atoms with Crippen molar-refractivity contribution in [2.45, 2.75) is 32.4 Å². The molecule has 1 saturated heterocycles. The van der Waals surface area contributed by atoms with Crippen molar-refractivity contribution in [3.05, 3.63) is 35.6 Å². The standard InChI is InChI=1S/C14H18FNO2/c1-9(2)18-14(17)12-7-8-16-13(12)10-3-5-11(15)6-4-10/h3-6,9,12-13,16H,7-8H2,1-2H3/p+1/t12-,13+/m0/s1. The van der Waals surface area contributed by atoms with Crippen LogP contribution in [-0.2, 0) is 9.53 Å². The number of ether oxygens (including phenoxy) is 1. The molecule has 0 unspecified atom stereocenters. The van der Waals surface area contributed by atoms with Crippen LogP contribution in [0.2, 0.25) is 0 Å². The van der Waals surface area contributed by atoms with Crippen LogP contribution >= 0.6 is 0 Å². The molecule has 98 valence electrons. The van der Waals surface area contributed by atoms with E-state index in [2.05, 4.69) is 5.32 Å². The summed E-state index contributed by atoms with van der Waals surface area (Å²) in [6.45, 7) is 4.60. The van der Waals surface area contributed by atoms with Crippen LogP contribution in [0, 0.1) is 11.7 Å². The van der Waals surface area contributed by atoms with Crippen molar-refractivity contribution >= 4 is 5.97 Å². The van der Waals surface area contributed by atoms with Crippen LogP contribution in [0.25, 0.3) is 0 Å². The molecule has 2 N–H and O–H groups in total. The van der Waals surface area contributed by atoms with Crippen LogP contribution < -0.4 is 5.32 Å². The van der Waals surface area contributed by atoms with Gasteiger partial charge in [0, 0.05) is 12.0 Å². The van der Waals surface area contributed by atoms with E-state index >= 15 is 0 Å². The lowest BCUT2D eigenvalue weighted by Gasteiger charge is -2.17. The molecule has 1 heterocycles. The third-order valence-corrected chi connectivity index (χ3v) is 3.24. The van der Waals surface area contributed by atoms with E-state index in [0.29, 0.717) is 0 Å². The van der Waals surface area contributed by atoms with E-state index in [9.17, 15) is 9.18 Å². The Hall–Kier alpha value is -1.42. The quantitative estimate of drug-likeness (QED) is 0.826. The van der Waals surface area contributed by atoms with Crippen LogP contribution in [0.3, 0.4) is 0 Å². The van der Waals surface area contributed by atoms with E-state index in [1.807, 2.05) is 13.8 Å². The second-order valence-electron chi connectivity index (χ2n) is 4.98. The molecule has 0 bridgehead atoms. The first kappa shape index (κ1) is 13.0. The Bertz CT molecular complexity index is 416. The highest BCUT2D eigenvalue weighted by Crippen LogP contribution is 2.26. The highest BCUT2D eigenvalue weighted by Gasteiger charge is 2.39. The minimum Gasteiger partial charge on any atom is -0.463 e. The van der Waals surface area contributed by atoms with Gasteiger partial charge in [-0.15, -0.1) is 0 Å². The summed E-state index contributed by atoms with van der Waals surface area (Å²) >= 11 is 0. The lowest BCUT2D eigenvalue weighted by atomic mass is 9.94. The fourth-order valence-electron chi connectivity index (χ4n) is 2.44. The number of hydrogen-bond acceptors (Lipinski definition) is 2. The van der Waals surface area contributed by atoms with Crippen LogP contribution in [-0.4, -0.2) is 18.6 Å². The summed E-state index contributed by atoms with van der Waals surface area (Å²) in [5.74, 6) is -0.524. The van der Waals surface area contributed by atoms with Gasteiger partial charge in [0.1, 0.15) is 17.8 Å². The Morgan fingerprint density at radius 3 is 2.67 bits per heavy atom. The third kappa shape index (κ3) is 2.88. The zero-order valence-electron chi connectivity index (χ0n) is 10.7. The predicted molar refractivity (Wildman–Crippen MR) is 65.3 cm³/mol. The van der Waals surface area contributed by atoms with Crippen molar-refractivity contribution in [2.75, 3.05) is 6.54 Å². The van der Waals surface area contributed by atoms with Crippen LogP contribution in [0.15, 0.2) is 24.3 Å². The summed E-state index contributed by atoms with van der Waals surface area (Å²) < 4.78 is 18.2. The van der Waals surface area contributed by atoms with Gasteiger partial charge in [0.15, 0.2) is 0 Å². The zero-order chi connectivity index (χ0) is 13.1. The fourth-order valence-corrected chi connectivity index (χ4v) is 2.44. The molecule has 2 rings (SSSR count). The van der Waals surface area contributed by atoms with Crippen LogP contribution in [0.4, 0.5) is 4.39 Å². The number of rotatable bonds is 3. The molecule has 4 heteroatoms. The number of halogens is 1. The molecular formula is C14H19FNO2+. The number of esters is 1. The second kappa shape index (κ2) is 5.48. The Labute approximate surface area is 106 Å². The predicted octanol–water partition coefficient (Wildman–Crippen LogP) is 1.40. The molecule has 0 aromatic heterocycles. The first-order chi connectivity index (χ1) is 8.58. The summed E-state index contributed by atoms with van der Waals surface area (Å²) in [6.07, 6.45) is 0.722. The van der Waals surface area contributed by atoms with Crippen molar-refractivity contribution < 1.29 is 19.2 Å². The van der Waals surface area contributed by atoms with Crippen molar-refractivity contribution in [2.24, 2.45) is 5.92 Å². The average molecular weight is 252 g/mol. The molecule has 0 amide bonds. The minimum absolute atomic E-state index is 0.0526. The summed E-state index contributed by atoms with van der Waals surface area (Å²) in [5, 5.41) is 2.12. The van der Waals surface area contributed by atoms with E-state index in [1.165, 1.54) is 12.1 Å². The Morgan fingerprint density at radius 1 is 1.39 bits per heavy atom. The summed E-state index contributed by atoms with van der Waals surface area (Å²) in [4.78, 5) is 12.0. The van der Waals surface area contributed by atoms with Crippen LogP contribution in [0.5, 0.6) is 0 Å². The maximum atomic E-state index is 12.9.